The summed E-state index contributed by atoms with van der Waals surface area (Å²) in [5, 5.41) is 0.653. The standard InChI is InChI=1S/C22H21N3O4/c1-29-18-9-5-8-16-17(14-23-19(16)18)20(26)22(28)25-12-10-24(11-13-25)21(27)15-6-3-2-4-7-15/h2-9,14,23H,10-13H2,1H3. The number of para-hydroxylation sites is 1. The number of nitrogens with one attached hydrogen (secondary N) is 1. The molecule has 1 aliphatic rings. The summed E-state index contributed by atoms with van der Waals surface area (Å²) in [5.74, 6) is -0.567. The molecular formula is C22H21N3O4. The fourth-order valence-corrected chi connectivity index (χ4v) is 3.62. The predicted octanol–water partition coefficient (Wildman–Crippen LogP) is 2.34. The first-order valence-corrected chi connectivity index (χ1v) is 9.42. The van der Waals surface area contributed by atoms with Gasteiger partial charge in [-0.05, 0) is 18.2 Å². The molecule has 0 bridgehead atoms. The molecule has 2 heterocycles. The summed E-state index contributed by atoms with van der Waals surface area (Å²) in [4.78, 5) is 44.4. The van der Waals surface area contributed by atoms with Crippen molar-refractivity contribution >= 4 is 28.5 Å². The van der Waals surface area contributed by atoms with Gasteiger partial charge >= 0.3 is 0 Å². The van der Waals surface area contributed by atoms with Crippen molar-refractivity contribution in [3.63, 3.8) is 0 Å². The fourth-order valence-electron chi connectivity index (χ4n) is 3.62. The van der Waals surface area contributed by atoms with E-state index in [1.807, 2.05) is 18.2 Å². The van der Waals surface area contributed by atoms with E-state index in [9.17, 15) is 14.4 Å². The molecule has 1 aliphatic heterocycles. The molecule has 7 heteroatoms. The number of fused-ring (bicyclic) bond motifs is 1. The highest BCUT2D eigenvalue weighted by atomic mass is 16.5. The molecule has 29 heavy (non-hydrogen) atoms. The van der Waals surface area contributed by atoms with Crippen LogP contribution < -0.4 is 4.74 Å². The van der Waals surface area contributed by atoms with E-state index in [-0.39, 0.29) is 5.91 Å². The van der Waals surface area contributed by atoms with Crippen molar-refractivity contribution in [3.8, 4) is 5.75 Å². The van der Waals surface area contributed by atoms with Gasteiger partial charge in [-0.1, -0.05) is 30.3 Å². The summed E-state index contributed by atoms with van der Waals surface area (Å²) >= 11 is 0. The summed E-state index contributed by atoms with van der Waals surface area (Å²) in [6, 6.07) is 14.4. The predicted molar refractivity (Wildman–Crippen MR) is 108 cm³/mol. The monoisotopic (exact) mass is 391 g/mol. The Morgan fingerprint density at radius 2 is 1.59 bits per heavy atom. The number of carbonyl (C=O) groups excluding carboxylic acids is 3. The van der Waals surface area contributed by atoms with Crippen LogP contribution in [-0.2, 0) is 4.79 Å². The number of ketones is 1. The van der Waals surface area contributed by atoms with Gasteiger partial charge in [0.1, 0.15) is 5.75 Å². The van der Waals surface area contributed by atoms with Crippen molar-refractivity contribution in [1.29, 1.82) is 0 Å². The maximum absolute atomic E-state index is 12.8. The van der Waals surface area contributed by atoms with Gasteiger partial charge in [-0.3, -0.25) is 14.4 Å². The third kappa shape index (κ3) is 3.47. The molecular weight excluding hydrogens is 370 g/mol. The zero-order valence-electron chi connectivity index (χ0n) is 16.1. The van der Waals surface area contributed by atoms with E-state index in [1.165, 1.54) is 4.90 Å². The second-order valence-corrected chi connectivity index (χ2v) is 6.86. The maximum Gasteiger partial charge on any atom is 0.295 e. The Bertz CT molecular complexity index is 1070. The van der Waals surface area contributed by atoms with Gasteiger partial charge in [0.2, 0.25) is 0 Å². The molecule has 1 saturated heterocycles. The Labute approximate surface area is 167 Å². The number of aromatic nitrogens is 1. The number of amides is 2. The molecule has 0 unspecified atom stereocenters. The Hall–Kier alpha value is -3.61. The number of benzene rings is 2. The summed E-state index contributed by atoms with van der Waals surface area (Å²) in [6.07, 6.45) is 1.54. The fraction of sp³-hybridized carbons (Fsp3) is 0.227. The molecule has 1 N–H and O–H groups in total. The number of aromatic amines is 1. The number of hydrogen-bond acceptors (Lipinski definition) is 4. The number of Topliss-reactive ketones (excluding diaryl/α,β-unsaturated/α-hetero) is 1. The van der Waals surface area contributed by atoms with Gasteiger partial charge in [-0.25, -0.2) is 0 Å². The average molecular weight is 391 g/mol. The number of ether oxygens (including phenoxy) is 1. The van der Waals surface area contributed by atoms with Crippen molar-refractivity contribution in [3.05, 3.63) is 65.9 Å². The lowest BCUT2D eigenvalue weighted by molar-refractivity contribution is -0.127. The molecule has 2 amide bonds. The van der Waals surface area contributed by atoms with Crippen molar-refractivity contribution in [2.75, 3.05) is 33.3 Å². The molecule has 0 aliphatic carbocycles. The van der Waals surface area contributed by atoms with Crippen LogP contribution in [0.25, 0.3) is 10.9 Å². The largest absolute Gasteiger partial charge is 0.495 e. The first kappa shape index (κ1) is 18.7. The number of H-pyrrole nitrogens is 1. The highest BCUT2D eigenvalue weighted by Gasteiger charge is 2.30. The molecule has 148 valence electrons. The molecule has 7 nitrogen and oxygen atoms in total. The molecule has 4 rings (SSSR count). The zero-order chi connectivity index (χ0) is 20.4. The Morgan fingerprint density at radius 3 is 2.28 bits per heavy atom. The summed E-state index contributed by atoms with van der Waals surface area (Å²) in [6.45, 7) is 1.45. The normalized spacial score (nSPS) is 14.1. The first-order valence-electron chi connectivity index (χ1n) is 9.42. The van der Waals surface area contributed by atoms with Crippen LogP contribution in [0.4, 0.5) is 0 Å². The van der Waals surface area contributed by atoms with Gasteiger partial charge in [-0.2, -0.15) is 0 Å². The lowest BCUT2D eigenvalue weighted by Crippen LogP contribution is -2.52. The number of carbonyl (C=O) groups is 3. The van der Waals surface area contributed by atoms with Crippen molar-refractivity contribution in [1.82, 2.24) is 14.8 Å². The van der Waals surface area contributed by atoms with Gasteiger partial charge in [-0.15, -0.1) is 0 Å². The minimum atomic E-state index is -0.563. The van der Waals surface area contributed by atoms with Gasteiger partial charge in [0.05, 0.1) is 18.2 Å². The van der Waals surface area contributed by atoms with E-state index >= 15 is 0 Å². The number of nitrogens with zero attached hydrogens (tertiary/aromatic N) is 2. The Balaban J connectivity index is 1.45. The molecule has 3 aromatic rings. The topological polar surface area (TPSA) is 82.7 Å². The van der Waals surface area contributed by atoms with E-state index in [1.54, 1.807) is 48.5 Å². The van der Waals surface area contributed by atoms with Crippen LogP contribution in [0.15, 0.2) is 54.7 Å². The van der Waals surface area contributed by atoms with Gasteiger partial charge in [0, 0.05) is 43.3 Å². The maximum atomic E-state index is 12.8. The molecule has 2 aromatic carbocycles. The molecule has 0 atom stereocenters. The second-order valence-electron chi connectivity index (χ2n) is 6.86. The van der Waals surface area contributed by atoms with E-state index in [0.29, 0.717) is 54.0 Å². The average Bonchev–Trinajstić information content (AvgIpc) is 3.22. The third-order valence-electron chi connectivity index (χ3n) is 5.21. The highest BCUT2D eigenvalue weighted by molar-refractivity contribution is 6.45. The van der Waals surface area contributed by atoms with E-state index < -0.39 is 11.7 Å². The van der Waals surface area contributed by atoms with Crippen LogP contribution in [0.5, 0.6) is 5.75 Å². The summed E-state index contributed by atoms with van der Waals surface area (Å²) in [5.41, 5.74) is 1.63. The number of methoxy groups -OCH3 is 1. The molecule has 0 spiro atoms. The summed E-state index contributed by atoms with van der Waals surface area (Å²) in [7, 11) is 1.55. The highest BCUT2D eigenvalue weighted by Crippen LogP contribution is 2.27. The van der Waals surface area contributed by atoms with Gasteiger partial charge < -0.3 is 19.5 Å². The second kappa shape index (κ2) is 7.79. The van der Waals surface area contributed by atoms with Crippen LogP contribution in [0.3, 0.4) is 0 Å². The van der Waals surface area contributed by atoms with Crippen LogP contribution in [0.1, 0.15) is 20.7 Å². The quantitative estimate of drug-likeness (QED) is 0.547. The van der Waals surface area contributed by atoms with Crippen LogP contribution in [-0.4, -0.2) is 65.7 Å². The minimum Gasteiger partial charge on any atom is -0.495 e. The number of hydrogen-bond donors (Lipinski definition) is 1. The van der Waals surface area contributed by atoms with Crippen LogP contribution >= 0.6 is 0 Å². The van der Waals surface area contributed by atoms with E-state index in [0.717, 1.165) is 0 Å². The number of piperazine rings is 1. The molecule has 0 saturated carbocycles. The Morgan fingerprint density at radius 1 is 0.897 bits per heavy atom. The van der Waals surface area contributed by atoms with Crippen molar-refractivity contribution in [2.45, 2.75) is 0 Å². The SMILES string of the molecule is COc1cccc2c(C(=O)C(=O)N3CCN(C(=O)c4ccccc4)CC3)c[nH]c12. The zero-order valence-corrected chi connectivity index (χ0v) is 16.1. The van der Waals surface area contributed by atoms with Crippen LogP contribution in [0, 0.1) is 0 Å². The van der Waals surface area contributed by atoms with E-state index in [2.05, 4.69) is 4.98 Å². The van der Waals surface area contributed by atoms with Crippen LogP contribution in [0.2, 0.25) is 0 Å². The Kier molecular flexibility index (Phi) is 5.03. The number of rotatable bonds is 4. The third-order valence-corrected chi connectivity index (χ3v) is 5.21. The molecule has 0 radical (unpaired) electrons. The smallest absolute Gasteiger partial charge is 0.295 e. The van der Waals surface area contributed by atoms with Gasteiger partial charge in [0.15, 0.2) is 0 Å². The lowest BCUT2D eigenvalue weighted by Gasteiger charge is -2.34. The van der Waals surface area contributed by atoms with Gasteiger partial charge in [0.25, 0.3) is 17.6 Å². The minimum absolute atomic E-state index is 0.0623. The lowest BCUT2D eigenvalue weighted by atomic mass is 10.1. The first-order chi connectivity index (χ1) is 14.1. The summed E-state index contributed by atoms with van der Waals surface area (Å²) < 4.78 is 5.29. The molecule has 1 aromatic heterocycles. The van der Waals surface area contributed by atoms with Crippen molar-refractivity contribution in [2.24, 2.45) is 0 Å². The van der Waals surface area contributed by atoms with E-state index in [4.69, 9.17) is 4.74 Å². The molecule has 1 fully saturated rings. The van der Waals surface area contributed by atoms with Crippen molar-refractivity contribution < 1.29 is 19.1 Å².